The van der Waals surface area contributed by atoms with Gasteiger partial charge in [-0.05, 0) is 51.6 Å². The first-order valence-corrected chi connectivity index (χ1v) is 9.56. The van der Waals surface area contributed by atoms with E-state index in [0.717, 1.165) is 32.4 Å². The van der Waals surface area contributed by atoms with Gasteiger partial charge in [-0.15, -0.1) is 11.6 Å². The summed E-state index contributed by atoms with van der Waals surface area (Å²) in [5.41, 5.74) is 0. The number of likely N-dealkylation sites (tertiary alicyclic amines) is 1. The highest BCUT2D eigenvalue weighted by atomic mass is 35.5. The van der Waals surface area contributed by atoms with Crippen LogP contribution in [0.2, 0.25) is 0 Å². The van der Waals surface area contributed by atoms with Gasteiger partial charge in [0.05, 0.1) is 5.75 Å². The maximum Gasteiger partial charge on any atom is 0.214 e. The molecule has 2 fully saturated rings. The molecule has 0 radical (unpaired) electrons. The highest BCUT2D eigenvalue weighted by Gasteiger charge is 2.32. The molecule has 2 saturated heterocycles. The molecule has 2 aliphatic heterocycles. The molecular formula is C13H25ClN2O2S. The SMILES string of the molecule is O=S(=O)(CCCCCl)N1CCCC(N2CCCC2)C1. The van der Waals surface area contributed by atoms with E-state index in [-0.39, 0.29) is 5.75 Å². The highest BCUT2D eigenvalue weighted by molar-refractivity contribution is 7.89. The van der Waals surface area contributed by atoms with Crippen LogP contribution in [0, 0.1) is 0 Å². The molecule has 0 bridgehead atoms. The quantitative estimate of drug-likeness (QED) is 0.556. The van der Waals surface area contributed by atoms with Crippen molar-refractivity contribution in [1.29, 1.82) is 0 Å². The Morgan fingerprint density at radius 2 is 1.79 bits per heavy atom. The second kappa shape index (κ2) is 7.25. The van der Waals surface area contributed by atoms with Crippen molar-refractivity contribution in [2.24, 2.45) is 0 Å². The highest BCUT2D eigenvalue weighted by Crippen LogP contribution is 2.22. The van der Waals surface area contributed by atoms with Crippen LogP contribution in [0.3, 0.4) is 0 Å². The lowest BCUT2D eigenvalue weighted by molar-refractivity contribution is 0.162. The molecule has 2 rings (SSSR count). The minimum Gasteiger partial charge on any atom is -0.299 e. The Morgan fingerprint density at radius 3 is 2.47 bits per heavy atom. The van der Waals surface area contributed by atoms with Gasteiger partial charge in [0.15, 0.2) is 0 Å². The number of halogens is 1. The number of alkyl halides is 1. The van der Waals surface area contributed by atoms with Crippen molar-refractivity contribution in [2.45, 2.75) is 44.6 Å². The van der Waals surface area contributed by atoms with Crippen LogP contribution in [0.25, 0.3) is 0 Å². The van der Waals surface area contributed by atoms with E-state index in [1.807, 2.05) is 0 Å². The molecular weight excluding hydrogens is 284 g/mol. The van der Waals surface area contributed by atoms with Crippen LogP contribution in [-0.4, -0.2) is 61.5 Å². The molecule has 1 atom stereocenters. The summed E-state index contributed by atoms with van der Waals surface area (Å²) < 4.78 is 26.3. The lowest BCUT2D eigenvalue weighted by Gasteiger charge is -2.36. The van der Waals surface area contributed by atoms with E-state index >= 15 is 0 Å². The minimum absolute atomic E-state index is 0.256. The smallest absolute Gasteiger partial charge is 0.214 e. The monoisotopic (exact) mass is 308 g/mol. The van der Waals surface area contributed by atoms with Gasteiger partial charge in [0.2, 0.25) is 10.0 Å². The van der Waals surface area contributed by atoms with Crippen LogP contribution in [0.15, 0.2) is 0 Å². The maximum atomic E-state index is 12.3. The fraction of sp³-hybridized carbons (Fsp3) is 1.00. The molecule has 0 aromatic rings. The van der Waals surface area contributed by atoms with Gasteiger partial charge in [0.1, 0.15) is 0 Å². The van der Waals surface area contributed by atoms with Gasteiger partial charge in [0.25, 0.3) is 0 Å². The van der Waals surface area contributed by atoms with Crippen LogP contribution >= 0.6 is 11.6 Å². The van der Waals surface area contributed by atoms with Crippen molar-refractivity contribution in [2.75, 3.05) is 37.8 Å². The predicted molar refractivity (Wildman–Crippen MR) is 79.1 cm³/mol. The summed E-state index contributed by atoms with van der Waals surface area (Å²) >= 11 is 5.61. The van der Waals surface area contributed by atoms with Crippen molar-refractivity contribution >= 4 is 21.6 Å². The average Bonchev–Trinajstić information content (AvgIpc) is 2.93. The molecule has 0 N–H and O–H groups in total. The molecule has 4 nitrogen and oxygen atoms in total. The average molecular weight is 309 g/mol. The molecule has 2 heterocycles. The second-order valence-electron chi connectivity index (χ2n) is 5.61. The second-order valence-corrected chi connectivity index (χ2v) is 8.08. The lowest BCUT2D eigenvalue weighted by Crippen LogP contribution is -2.49. The van der Waals surface area contributed by atoms with Crippen molar-refractivity contribution in [3.8, 4) is 0 Å². The molecule has 0 saturated carbocycles. The zero-order chi connectivity index (χ0) is 13.7. The molecule has 2 aliphatic rings. The van der Waals surface area contributed by atoms with Gasteiger partial charge in [0, 0.05) is 25.0 Å². The lowest BCUT2D eigenvalue weighted by atomic mass is 10.1. The summed E-state index contributed by atoms with van der Waals surface area (Å²) in [5, 5.41) is 0. The fourth-order valence-electron chi connectivity index (χ4n) is 3.09. The summed E-state index contributed by atoms with van der Waals surface area (Å²) in [7, 11) is -3.07. The van der Waals surface area contributed by atoms with E-state index in [1.165, 1.54) is 12.8 Å². The molecule has 0 amide bonds. The van der Waals surface area contributed by atoms with Gasteiger partial charge in [-0.2, -0.15) is 0 Å². The van der Waals surface area contributed by atoms with Gasteiger partial charge in [-0.1, -0.05) is 0 Å². The predicted octanol–water partition coefficient (Wildman–Crippen LogP) is 1.90. The van der Waals surface area contributed by atoms with Crippen LogP contribution in [-0.2, 0) is 10.0 Å². The van der Waals surface area contributed by atoms with Crippen LogP contribution in [0.5, 0.6) is 0 Å². The van der Waals surface area contributed by atoms with Gasteiger partial charge >= 0.3 is 0 Å². The summed E-state index contributed by atoms with van der Waals surface area (Å²) in [4.78, 5) is 2.47. The third kappa shape index (κ3) is 4.31. The van der Waals surface area contributed by atoms with Gasteiger partial charge in [-0.3, -0.25) is 4.90 Å². The first-order valence-electron chi connectivity index (χ1n) is 7.41. The third-order valence-electron chi connectivity index (χ3n) is 4.20. The number of piperidine rings is 1. The Morgan fingerprint density at radius 1 is 1.05 bits per heavy atom. The summed E-state index contributed by atoms with van der Waals surface area (Å²) in [6.45, 7) is 3.69. The van der Waals surface area contributed by atoms with Gasteiger partial charge < -0.3 is 0 Å². The Labute approximate surface area is 122 Å². The molecule has 19 heavy (non-hydrogen) atoms. The normalized spacial score (nSPS) is 26.9. The molecule has 0 aromatic heterocycles. The Hall–Kier alpha value is 0.160. The van der Waals surface area contributed by atoms with Gasteiger partial charge in [-0.25, -0.2) is 12.7 Å². The van der Waals surface area contributed by atoms with E-state index in [1.54, 1.807) is 4.31 Å². The third-order valence-corrected chi connectivity index (χ3v) is 6.39. The largest absolute Gasteiger partial charge is 0.299 e. The molecule has 0 aliphatic carbocycles. The summed E-state index contributed by atoms with van der Waals surface area (Å²) in [6, 6.07) is 0.444. The number of hydrogen-bond acceptors (Lipinski definition) is 3. The number of nitrogens with zero attached hydrogens (tertiary/aromatic N) is 2. The zero-order valence-electron chi connectivity index (χ0n) is 11.6. The van der Waals surface area contributed by atoms with E-state index in [2.05, 4.69) is 4.90 Å². The van der Waals surface area contributed by atoms with Crippen LogP contribution < -0.4 is 0 Å². The first kappa shape index (κ1) is 15.5. The molecule has 1 unspecified atom stereocenters. The van der Waals surface area contributed by atoms with Crippen molar-refractivity contribution in [1.82, 2.24) is 9.21 Å². The van der Waals surface area contributed by atoms with Crippen LogP contribution in [0.1, 0.15) is 38.5 Å². The molecule has 6 heteroatoms. The molecule has 112 valence electrons. The molecule has 0 aromatic carbocycles. The molecule has 0 spiro atoms. The van der Waals surface area contributed by atoms with E-state index in [0.29, 0.717) is 31.4 Å². The number of sulfonamides is 1. The zero-order valence-corrected chi connectivity index (χ0v) is 13.1. The van der Waals surface area contributed by atoms with Crippen molar-refractivity contribution in [3.05, 3.63) is 0 Å². The maximum absolute atomic E-state index is 12.3. The standard InChI is InChI=1S/C13H25ClN2O2S/c14-7-1-4-11-19(17,18)16-10-5-6-13(12-16)15-8-2-3-9-15/h13H,1-12H2. The Kier molecular flexibility index (Phi) is 5.93. The number of rotatable bonds is 6. The number of unbranched alkanes of at least 4 members (excludes halogenated alkanes) is 1. The number of hydrogen-bond donors (Lipinski definition) is 0. The minimum atomic E-state index is -3.07. The topological polar surface area (TPSA) is 40.6 Å². The first-order chi connectivity index (χ1) is 9.13. The summed E-state index contributed by atoms with van der Waals surface area (Å²) in [6.07, 6.45) is 6.13. The van der Waals surface area contributed by atoms with E-state index < -0.39 is 10.0 Å². The fourth-order valence-corrected chi connectivity index (χ4v) is 4.91. The van der Waals surface area contributed by atoms with E-state index in [4.69, 9.17) is 11.6 Å². The van der Waals surface area contributed by atoms with Crippen molar-refractivity contribution < 1.29 is 8.42 Å². The van der Waals surface area contributed by atoms with E-state index in [9.17, 15) is 8.42 Å². The summed E-state index contributed by atoms with van der Waals surface area (Å²) in [5.74, 6) is 0.804. The Bertz CT molecular complexity index is 369. The van der Waals surface area contributed by atoms with Crippen molar-refractivity contribution in [3.63, 3.8) is 0 Å². The van der Waals surface area contributed by atoms with Crippen LogP contribution in [0.4, 0.5) is 0 Å². The Balaban J connectivity index is 1.88.